The van der Waals surface area contributed by atoms with E-state index in [0.717, 1.165) is 12.5 Å². The highest BCUT2D eigenvalue weighted by Crippen LogP contribution is 2.37. The van der Waals surface area contributed by atoms with Gasteiger partial charge in [0.2, 0.25) is 5.91 Å². The molecule has 0 bridgehead atoms. The second-order valence-electron chi connectivity index (χ2n) is 4.73. The fraction of sp³-hybridized carbons (Fsp3) is 0.462. The number of anilines is 1. The van der Waals surface area contributed by atoms with Crippen molar-refractivity contribution in [1.29, 1.82) is 0 Å². The second kappa shape index (κ2) is 6.03. The highest BCUT2D eigenvalue weighted by atomic mass is 79.9. The van der Waals surface area contributed by atoms with E-state index in [1.165, 1.54) is 6.07 Å². The number of carbonyl (C=O) groups excluding carboxylic acids is 1. The molecular weight excluding hydrogens is 337 g/mol. The van der Waals surface area contributed by atoms with Crippen LogP contribution in [-0.4, -0.2) is 18.5 Å². The number of rotatable bonds is 2. The lowest BCUT2D eigenvalue weighted by molar-refractivity contribution is -0.137. The molecule has 2 rings (SSSR count). The van der Waals surface area contributed by atoms with Crippen LogP contribution in [0, 0.1) is 0 Å². The van der Waals surface area contributed by atoms with Crippen LogP contribution >= 0.6 is 15.9 Å². The summed E-state index contributed by atoms with van der Waals surface area (Å²) in [4.78, 5) is 11.4. The van der Waals surface area contributed by atoms with Gasteiger partial charge < -0.3 is 10.6 Å². The zero-order valence-corrected chi connectivity index (χ0v) is 12.1. The molecule has 0 saturated carbocycles. The number of carbonyl (C=O) groups is 1. The summed E-state index contributed by atoms with van der Waals surface area (Å²) in [5.74, 6) is -0.134. The van der Waals surface area contributed by atoms with E-state index < -0.39 is 11.7 Å². The maximum absolute atomic E-state index is 13.0. The fourth-order valence-corrected chi connectivity index (χ4v) is 2.56. The van der Waals surface area contributed by atoms with Gasteiger partial charge in [0, 0.05) is 29.2 Å². The number of alkyl halides is 3. The molecule has 7 heteroatoms. The van der Waals surface area contributed by atoms with Crippen LogP contribution in [0.4, 0.5) is 18.9 Å². The Morgan fingerprint density at radius 1 is 1.35 bits per heavy atom. The van der Waals surface area contributed by atoms with Gasteiger partial charge in [-0.25, -0.2) is 0 Å². The lowest BCUT2D eigenvalue weighted by Gasteiger charge is -2.20. The number of hydrogen-bond acceptors (Lipinski definition) is 2. The zero-order chi connectivity index (χ0) is 14.8. The number of amides is 1. The van der Waals surface area contributed by atoms with Crippen LogP contribution < -0.4 is 10.6 Å². The number of nitrogens with one attached hydrogen (secondary N) is 2. The van der Waals surface area contributed by atoms with Crippen molar-refractivity contribution in [2.45, 2.75) is 31.5 Å². The standard InChI is InChI=1S/C13H14BrF3N2O/c14-8-3-4-11(10(6-8)13(15,16)17)19-9-2-1-5-18-12(20)7-9/h3-4,6,9,19H,1-2,5,7H2,(H,18,20). The predicted octanol–water partition coefficient (Wildman–Crippen LogP) is 3.55. The zero-order valence-electron chi connectivity index (χ0n) is 10.6. The summed E-state index contributed by atoms with van der Waals surface area (Å²) in [6.07, 6.45) is -2.83. The summed E-state index contributed by atoms with van der Waals surface area (Å²) in [6, 6.07) is 3.70. The van der Waals surface area contributed by atoms with Crippen molar-refractivity contribution < 1.29 is 18.0 Å². The van der Waals surface area contributed by atoms with Gasteiger partial charge in [0.15, 0.2) is 0 Å². The smallest absolute Gasteiger partial charge is 0.381 e. The largest absolute Gasteiger partial charge is 0.418 e. The van der Waals surface area contributed by atoms with Gasteiger partial charge in [-0.2, -0.15) is 13.2 Å². The first-order valence-electron chi connectivity index (χ1n) is 6.26. The van der Waals surface area contributed by atoms with Gasteiger partial charge in [0.05, 0.1) is 5.56 Å². The van der Waals surface area contributed by atoms with Gasteiger partial charge in [0.1, 0.15) is 0 Å². The first-order valence-corrected chi connectivity index (χ1v) is 7.05. The van der Waals surface area contributed by atoms with Crippen LogP contribution in [0.3, 0.4) is 0 Å². The first kappa shape index (κ1) is 15.2. The summed E-state index contributed by atoms with van der Waals surface area (Å²) >= 11 is 3.04. The lowest BCUT2D eigenvalue weighted by Crippen LogP contribution is -2.27. The summed E-state index contributed by atoms with van der Waals surface area (Å²) in [6.45, 7) is 0.573. The van der Waals surface area contributed by atoms with Crippen molar-refractivity contribution in [2.24, 2.45) is 0 Å². The molecule has 3 nitrogen and oxygen atoms in total. The lowest BCUT2D eigenvalue weighted by atomic mass is 10.1. The Kier molecular flexibility index (Phi) is 4.57. The third kappa shape index (κ3) is 3.88. The Labute approximate surface area is 123 Å². The van der Waals surface area contributed by atoms with Crippen molar-refractivity contribution in [3.63, 3.8) is 0 Å². The van der Waals surface area contributed by atoms with Crippen LogP contribution in [0.15, 0.2) is 22.7 Å². The Morgan fingerprint density at radius 2 is 2.10 bits per heavy atom. The molecule has 1 unspecified atom stereocenters. The minimum absolute atomic E-state index is 0.0143. The van der Waals surface area contributed by atoms with E-state index in [4.69, 9.17) is 0 Å². The van der Waals surface area contributed by atoms with Gasteiger partial charge in [-0.3, -0.25) is 4.79 Å². The normalized spacial score (nSPS) is 20.2. The Morgan fingerprint density at radius 3 is 2.80 bits per heavy atom. The summed E-state index contributed by atoms with van der Waals surface area (Å²) in [5, 5.41) is 5.56. The third-order valence-electron chi connectivity index (χ3n) is 3.13. The first-order chi connectivity index (χ1) is 9.36. The van der Waals surface area contributed by atoms with Gasteiger partial charge in [-0.15, -0.1) is 0 Å². The molecule has 1 heterocycles. The van der Waals surface area contributed by atoms with Crippen molar-refractivity contribution in [3.8, 4) is 0 Å². The molecule has 1 amide bonds. The summed E-state index contributed by atoms with van der Waals surface area (Å²) < 4.78 is 39.4. The minimum Gasteiger partial charge on any atom is -0.381 e. The average Bonchev–Trinajstić information content (AvgIpc) is 2.54. The van der Waals surface area contributed by atoms with E-state index in [0.29, 0.717) is 17.4 Å². The third-order valence-corrected chi connectivity index (χ3v) is 3.62. The topological polar surface area (TPSA) is 41.1 Å². The summed E-state index contributed by atoms with van der Waals surface area (Å²) in [7, 11) is 0. The number of halogens is 4. The molecule has 1 atom stereocenters. The highest BCUT2D eigenvalue weighted by Gasteiger charge is 2.34. The second-order valence-corrected chi connectivity index (χ2v) is 5.64. The van der Waals surface area contributed by atoms with Crippen molar-refractivity contribution in [3.05, 3.63) is 28.2 Å². The molecule has 20 heavy (non-hydrogen) atoms. The van der Waals surface area contributed by atoms with E-state index in [2.05, 4.69) is 26.6 Å². The van der Waals surface area contributed by atoms with Crippen molar-refractivity contribution >= 4 is 27.5 Å². The Hall–Kier alpha value is -1.24. The number of hydrogen-bond donors (Lipinski definition) is 2. The Balaban J connectivity index is 2.22. The molecule has 0 spiro atoms. The molecule has 1 aromatic carbocycles. The molecule has 1 saturated heterocycles. The van der Waals surface area contributed by atoms with Gasteiger partial charge in [-0.05, 0) is 31.0 Å². The number of benzene rings is 1. The minimum atomic E-state index is -4.43. The molecule has 0 aliphatic carbocycles. The highest BCUT2D eigenvalue weighted by molar-refractivity contribution is 9.10. The molecule has 0 aromatic heterocycles. The molecule has 2 N–H and O–H groups in total. The fourth-order valence-electron chi connectivity index (χ4n) is 2.19. The van der Waals surface area contributed by atoms with Crippen LogP contribution in [0.5, 0.6) is 0 Å². The van der Waals surface area contributed by atoms with E-state index in [-0.39, 0.29) is 24.1 Å². The van der Waals surface area contributed by atoms with E-state index >= 15 is 0 Å². The molecule has 1 aliphatic heterocycles. The molecule has 1 aliphatic rings. The van der Waals surface area contributed by atoms with Gasteiger partial charge >= 0.3 is 6.18 Å². The monoisotopic (exact) mass is 350 g/mol. The van der Waals surface area contributed by atoms with Gasteiger partial charge in [0.25, 0.3) is 0 Å². The van der Waals surface area contributed by atoms with Crippen molar-refractivity contribution in [1.82, 2.24) is 5.32 Å². The average molecular weight is 351 g/mol. The van der Waals surface area contributed by atoms with Crippen LogP contribution in [-0.2, 0) is 11.0 Å². The maximum atomic E-state index is 13.0. The quantitative estimate of drug-likeness (QED) is 0.856. The summed E-state index contributed by atoms with van der Waals surface area (Å²) in [5.41, 5.74) is -0.711. The molecule has 0 radical (unpaired) electrons. The van der Waals surface area contributed by atoms with Crippen molar-refractivity contribution in [2.75, 3.05) is 11.9 Å². The van der Waals surface area contributed by atoms with E-state index in [1.807, 2.05) is 0 Å². The van der Waals surface area contributed by atoms with Crippen LogP contribution in [0.1, 0.15) is 24.8 Å². The van der Waals surface area contributed by atoms with E-state index in [1.54, 1.807) is 6.07 Å². The Bertz CT molecular complexity index is 505. The molecular formula is C13H14BrF3N2O. The van der Waals surface area contributed by atoms with Crippen LogP contribution in [0.2, 0.25) is 0 Å². The maximum Gasteiger partial charge on any atom is 0.418 e. The van der Waals surface area contributed by atoms with E-state index in [9.17, 15) is 18.0 Å². The predicted molar refractivity (Wildman–Crippen MR) is 73.4 cm³/mol. The van der Waals surface area contributed by atoms with Gasteiger partial charge in [-0.1, -0.05) is 15.9 Å². The molecule has 1 fully saturated rings. The van der Waals surface area contributed by atoms with Crippen LogP contribution in [0.25, 0.3) is 0 Å². The molecule has 110 valence electrons. The molecule has 1 aromatic rings. The SMILES string of the molecule is O=C1CC(Nc2ccc(Br)cc2C(F)(F)F)CCCN1.